The molecule has 8 fully saturated rings. The highest BCUT2D eigenvalue weighted by atomic mass is 33.1. The van der Waals surface area contributed by atoms with Crippen molar-refractivity contribution in [2.45, 2.75) is 81.1 Å². The van der Waals surface area contributed by atoms with Gasteiger partial charge in [-0.15, -0.1) is 0 Å². The first-order chi connectivity index (χ1) is 23.7. The number of anilines is 1. The maximum absolute atomic E-state index is 15.1. The molecule has 260 valence electrons. The molecule has 2 spiro atoms. The number of Topliss-reactive ketones (excluding diaryl/α,β-unsaturated/α-hetero) is 1. The first-order valence-corrected chi connectivity index (χ1v) is 20.6. The number of nitrogens with zero attached hydrogens (tertiary/aromatic N) is 4. The number of para-hydroxylation sites is 1. The summed E-state index contributed by atoms with van der Waals surface area (Å²) in [6.45, 7) is 7.28. The second kappa shape index (κ2) is 9.19. The minimum Gasteiger partial charge on any atom is -0.389 e. The van der Waals surface area contributed by atoms with E-state index in [1.807, 2.05) is 48.5 Å². The van der Waals surface area contributed by atoms with E-state index in [0.717, 1.165) is 37.9 Å². The van der Waals surface area contributed by atoms with E-state index < -0.39 is 78.6 Å². The Morgan fingerprint density at radius 2 is 1.50 bits per heavy atom. The molecule has 2 aromatic carbocycles. The maximum atomic E-state index is 15.1. The van der Waals surface area contributed by atoms with E-state index in [4.69, 9.17) is 0 Å². The van der Waals surface area contributed by atoms with E-state index in [2.05, 4.69) is 11.9 Å². The maximum Gasteiger partial charge on any atom is 0.270 e. The number of rotatable bonds is 3. The SMILES string of the molecule is C=C1N(C)[C@@]2(C(C)=O)SS[C@@]13[C@@H](O)C1([C@@]45c6ccccc6CC4N4C(=O)[C@]6(C(C)O)SS[C@]4(C(=O)N6C)[C@H]5O)c4ccccc4NC1N3C2=O. The molecule has 10 aliphatic rings. The molecule has 8 saturated heterocycles. The largest absolute Gasteiger partial charge is 0.389 e. The number of ketones is 1. The first kappa shape index (κ1) is 31.8. The van der Waals surface area contributed by atoms with Crippen LogP contribution in [-0.4, -0.2) is 123 Å². The van der Waals surface area contributed by atoms with Crippen molar-refractivity contribution < 1.29 is 34.5 Å². The van der Waals surface area contributed by atoms with Gasteiger partial charge in [0.05, 0.1) is 23.0 Å². The van der Waals surface area contributed by atoms with Crippen molar-refractivity contribution in [3.8, 4) is 0 Å². The Morgan fingerprint density at radius 3 is 2.20 bits per heavy atom. The summed E-state index contributed by atoms with van der Waals surface area (Å²) in [6, 6.07) is 14.1. The second-order valence-corrected chi connectivity index (χ2v) is 19.7. The van der Waals surface area contributed by atoms with Gasteiger partial charge in [-0.1, -0.05) is 59.8 Å². The van der Waals surface area contributed by atoms with Crippen LogP contribution in [0.2, 0.25) is 0 Å². The Hall–Kier alpha value is -2.86. The lowest BCUT2D eigenvalue weighted by molar-refractivity contribution is -0.173. The number of likely N-dealkylation sites (N-methyl/N-ethyl adjacent to an activating group) is 2. The van der Waals surface area contributed by atoms with E-state index in [1.54, 1.807) is 16.8 Å². The first-order valence-electron chi connectivity index (χ1n) is 16.3. The third kappa shape index (κ3) is 2.65. The fourth-order valence-electron chi connectivity index (χ4n) is 11.1. The predicted octanol–water partition coefficient (Wildman–Crippen LogP) is 1.42. The summed E-state index contributed by atoms with van der Waals surface area (Å²) in [5.41, 5.74) is -0.0680. The molecule has 4 bridgehead atoms. The highest BCUT2D eigenvalue weighted by molar-refractivity contribution is 8.78. The van der Waals surface area contributed by atoms with Gasteiger partial charge in [-0.25, -0.2) is 0 Å². The molecular weight excluding hydrogens is 719 g/mol. The molecule has 1 aliphatic carbocycles. The minimum atomic E-state index is -1.82. The van der Waals surface area contributed by atoms with Gasteiger partial charge in [-0.3, -0.25) is 24.1 Å². The Balaban J connectivity index is 1.34. The van der Waals surface area contributed by atoms with Gasteiger partial charge in [0.2, 0.25) is 14.6 Å². The van der Waals surface area contributed by atoms with Crippen molar-refractivity contribution in [3.05, 3.63) is 77.5 Å². The van der Waals surface area contributed by atoms with Crippen LogP contribution in [0, 0.1) is 0 Å². The van der Waals surface area contributed by atoms with Crippen molar-refractivity contribution in [2.24, 2.45) is 0 Å². The Kier molecular flexibility index (Phi) is 5.85. The normalized spacial score (nSPS) is 44.9. The highest BCUT2D eigenvalue weighted by Gasteiger charge is 2.92. The number of piperazine rings is 2. The molecule has 4 unspecified atom stereocenters. The van der Waals surface area contributed by atoms with Gasteiger partial charge in [0, 0.05) is 25.5 Å². The third-order valence-electron chi connectivity index (χ3n) is 13.1. The molecule has 0 aromatic heterocycles. The zero-order valence-corrected chi connectivity index (χ0v) is 30.6. The number of nitrogens with one attached hydrogen (secondary N) is 1. The number of benzene rings is 2. The molecule has 11 atom stereocenters. The third-order valence-corrected chi connectivity index (χ3v) is 20.6. The molecule has 9 aliphatic heterocycles. The van der Waals surface area contributed by atoms with E-state index in [1.165, 1.54) is 41.5 Å². The van der Waals surface area contributed by atoms with Crippen LogP contribution in [0.3, 0.4) is 0 Å². The Labute approximate surface area is 303 Å². The van der Waals surface area contributed by atoms with Crippen molar-refractivity contribution in [2.75, 3.05) is 19.4 Å². The number of aliphatic hydroxyl groups is 3. The lowest BCUT2D eigenvalue weighted by Gasteiger charge is -2.60. The quantitative estimate of drug-likeness (QED) is 0.265. The number of amides is 3. The molecule has 50 heavy (non-hydrogen) atoms. The molecule has 16 heteroatoms. The van der Waals surface area contributed by atoms with Gasteiger partial charge in [0.1, 0.15) is 18.4 Å². The smallest absolute Gasteiger partial charge is 0.270 e. The van der Waals surface area contributed by atoms with Gasteiger partial charge in [0.25, 0.3) is 17.7 Å². The van der Waals surface area contributed by atoms with E-state index in [-0.39, 0.29) is 12.2 Å². The fourth-order valence-corrected chi connectivity index (χ4v) is 19.1. The van der Waals surface area contributed by atoms with Gasteiger partial charge in [0.15, 0.2) is 10.7 Å². The molecule has 4 N–H and O–H groups in total. The van der Waals surface area contributed by atoms with Gasteiger partial charge in [-0.05, 0) is 75.4 Å². The van der Waals surface area contributed by atoms with Crippen LogP contribution < -0.4 is 5.32 Å². The summed E-state index contributed by atoms with van der Waals surface area (Å²) in [6.07, 6.45) is -5.10. The molecule has 3 amide bonds. The van der Waals surface area contributed by atoms with Gasteiger partial charge in [-0.2, -0.15) is 0 Å². The zero-order valence-electron chi connectivity index (χ0n) is 27.3. The van der Waals surface area contributed by atoms with Crippen molar-refractivity contribution in [3.63, 3.8) is 0 Å². The summed E-state index contributed by atoms with van der Waals surface area (Å²) in [4.78, 5) is 57.8. The van der Waals surface area contributed by atoms with Crippen molar-refractivity contribution in [1.29, 1.82) is 0 Å². The van der Waals surface area contributed by atoms with Crippen molar-refractivity contribution in [1.82, 2.24) is 19.6 Å². The van der Waals surface area contributed by atoms with Crippen LogP contribution in [0.25, 0.3) is 0 Å². The van der Waals surface area contributed by atoms with Gasteiger partial charge >= 0.3 is 0 Å². The minimum absolute atomic E-state index is 0.253. The van der Waals surface area contributed by atoms with Crippen LogP contribution in [-0.2, 0) is 36.4 Å². The molecule has 0 saturated carbocycles. The standard InChI is InChI=1S/C34H33N5O7S4/c1-15-31-24(43)30(20-12-8-9-13-21(20)35-25(30)39(31)28(46)32(16(2)40,36(15)4)48-47-31)29-19-11-7-6-10-18(19)14-22(29)38-27(45)33(17(3)41)37(5)26(44)34(38,23(29)42)50-49-33/h6-13,17,22-25,35,41-43H,1,14H2,2-5H3/t17?,22?,23-,24-,25?,29-,30?,31+,32-,33-,34-/m0/s1. The predicted molar refractivity (Wildman–Crippen MR) is 190 cm³/mol. The number of carbonyl (C=O) groups excluding carboxylic acids is 4. The molecule has 12 rings (SSSR count). The monoisotopic (exact) mass is 751 g/mol. The number of hydrogen-bond donors (Lipinski definition) is 4. The molecule has 2 aromatic rings. The van der Waals surface area contributed by atoms with E-state index >= 15 is 9.59 Å². The summed E-state index contributed by atoms with van der Waals surface area (Å²) in [5.74, 6) is -1.90. The lowest BCUT2D eigenvalue weighted by atomic mass is 9.51. The summed E-state index contributed by atoms with van der Waals surface area (Å²) in [7, 11) is 7.61. The number of carbonyl (C=O) groups is 4. The fraction of sp³-hybridized carbons (Fsp3) is 0.471. The molecule has 0 radical (unpaired) electrons. The Bertz CT molecular complexity index is 2050. The average molecular weight is 752 g/mol. The molecular formula is C34H33N5O7S4. The molecule has 12 nitrogen and oxygen atoms in total. The van der Waals surface area contributed by atoms with Crippen LogP contribution >= 0.6 is 43.2 Å². The van der Waals surface area contributed by atoms with E-state index in [0.29, 0.717) is 22.5 Å². The van der Waals surface area contributed by atoms with Crippen LogP contribution in [0.1, 0.15) is 30.5 Å². The summed E-state index contributed by atoms with van der Waals surface area (Å²) >= 11 is 0. The highest BCUT2D eigenvalue weighted by Crippen LogP contribution is 2.79. The van der Waals surface area contributed by atoms with Crippen LogP contribution in [0.4, 0.5) is 5.69 Å². The second-order valence-electron chi connectivity index (χ2n) is 14.5. The topological polar surface area (TPSA) is 154 Å². The zero-order chi connectivity index (χ0) is 35.3. The van der Waals surface area contributed by atoms with E-state index in [9.17, 15) is 24.9 Å². The number of fused-ring (bicyclic) bond motifs is 11. The van der Waals surface area contributed by atoms with Crippen molar-refractivity contribution >= 4 is 72.4 Å². The van der Waals surface area contributed by atoms with Gasteiger partial charge < -0.3 is 35.3 Å². The van der Waals surface area contributed by atoms with Crippen LogP contribution in [0.5, 0.6) is 0 Å². The van der Waals surface area contributed by atoms with Crippen LogP contribution in [0.15, 0.2) is 60.8 Å². The lowest BCUT2D eigenvalue weighted by Crippen LogP contribution is -2.80. The number of hydrogen-bond acceptors (Lipinski definition) is 13. The average Bonchev–Trinajstić information content (AvgIpc) is 3.74. The Morgan fingerprint density at radius 1 is 0.860 bits per heavy atom. The summed E-state index contributed by atoms with van der Waals surface area (Å²) in [5, 5.41) is 41.8. The summed E-state index contributed by atoms with van der Waals surface area (Å²) < 4.78 is 0. The molecule has 9 heterocycles. The number of aliphatic hydroxyl groups excluding tert-OH is 3.